The van der Waals surface area contributed by atoms with Crippen LogP contribution < -0.4 is 10.9 Å². The van der Waals surface area contributed by atoms with E-state index in [2.05, 4.69) is 31.2 Å². The van der Waals surface area contributed by atoms with Crippen LogP contribution in [0.25, 0.3) is 0 Å². The molecular weight excluding hydrogens is 190 g/mol. The lowest BCUT2D eigenvalue weighted by Gasteiger charge is -2.20. The van der Waals surface area contributed by atoms with Gasteiger partial charge in [0.25, 0.3) is 5.56 Å². The van der Waals surface area contributed by atoms with Crippen molar-refractivity contribution in [1.29, 1.82) is 0 Å². The second-order valence-corrected chi connectivity index (χ2v) is 4.77. The number of rotatable bonds is 3. The van der Waals surface area contributed by atoms with Crippen molar-refractivity contribution in [3.8, 4) is 0 Å². The molecule has 0 aliphatic heterocycles. The van der Waals surface area contributed by atoms with Crippen molar-refractivity contribution in [2.45, 2.75) is 39.8 Å². The predicted octanol–water partition coefficient (Wildman–Crippen LogP) is 0.940. The van der Waals surface area contributed by atoms with Crippen LogP contribution in [0.15, 0.2) is 17.1 Å². The van der Waals surface area contributed by atoms with Gasteiger partial charge >= 0.3 is 0 Å². The second kappa shape index (κ2) is 4.57. The molecule has 0 bridgehead atoms. The average Bonchev–Trinajstić information content (AvgIpc) is 2.07. The van der Waals surface area contributed by atoms with Gasteiger partial charge in [-0.1, -0.05) is 0 Å². The maximum absolute atomic E-state index is 11.5. The summed E-state index contributed by atoms with van der Waals surface area (Å²) in [6.07, 6.45) is 1.71. The number of nitrogens with zero attached hydrogens (tertiary/aromatic N) is 2. The summed E-state index contributed by atoms with van der Waals surface area (Å²) >= 11 is 0. The Balaban J connectivity index is 2.55. The zero-order valence-corrected chi connectivity index (χ0v) is 9.87. The van der Waals surface area contributed by atoms with Crippen molar-refractivity contribution >= 4 is 0 Å². The van der Waals surface area contributed by atoms with Crippen LogP contribution >= 0.6 is 0 Å². The van der Waals surface area contributed by atoms with Gasteiger partial charge in [-0.15, -0.1) is 0 Å². The first-order valence-electron chi connectivity index (χ1n) is 5.17. The van der Waals surface area contributed by atoms with Gasteiger partial charge in [0.1, 0.15) is 0 Å². The van der Waals surface area contributed by atoms with Crippen LogP contribution in [0.1, 0.15) is 26.3 Å². The smallest absolute Gasteiger partial charge is 0.267 e. The third-order valence-electron chi connectivity index (χ3n) is 1.99. The van der Waals surface area contributed by atoms with Crippen molar-refractivity contribution in [2.24, 2.45) is 0 Å². The molecule has 4 heteroatoms. The maximum Gasteiger partial charge on any atom is 0.267 e. The van der Waals surface area contributed by atoms with Crippen molar-refractivity contribution in [3.63, 3.8) is 0 Å². The first-order chi connectivity index (χ1) is 6.88. The van der Waals surface area contributed by atoms with Crippen LogP contribution in [0.3, 0.4) is 0 Å². The van der Waals surface area contributed by atoms with Crippen LogP contribution in [0.2, 0.25) is 0 Å². The van der Waals surface area contributed by atoms with E-state index in [1.165, 1.54) is 4.68 Å². The Hall–Kier alpha value is -1.16. The molecule has 0 fully saturated rings. The highest BCUT2D eigenvalue weighted by molar-refractivity contribution is 5.02. The minimum Gasteiger partial charge on any atom is -0.310 e. The van der Waals surface area contributed by atoms with Crippen LogP contribution in [0.5, 0.6) is 0 Å². The topological polar surface area (TPSA) is 46.9 Å². The number of hydrogen-bond donors (Lipinski definition) is 1. The van der Waals surface area contributed by atoms with E-state index in [4.69, 9.17) is 0 Å². The zero-order chi connectivity index (χ0) is 11.5. The fourth-order valence-electron chi connectivity index (χ4n) is 1.23. The lowest BCUT2D eigenvalue weighted by Crippen LogP contribution is -2.39. The molecule has 15 heavy (non-hydrogen) atoms. The molecule has 1 heterocycles. The first-order valence-corrected chi connectivity index (χ1v) is 5.17. The van der Waals surface area contributed by atoms with Crippen LogP contribution in [0, 0.1) is 6.92 Å². The molecule has 4 nitrogen and oxygen atoms in total. The molecule has 0 atom stereocenters. The fraction of sp³-hybridized carbons (Fsp3) is 0.636. The summed E-state index contributed by atoms with van der Waals surface area (Å²) < 4.78 is 1.48. The third kappa shape index (κ3) is 4.25. The van der Waals surface area contributed by atoms with E-state index >= 15 is 0 Å². The SMILES string of the molecule is Cc1cnn(CCNC(C)(C)C)c(=O)c1. The number of hydrogen-bond acceptors (Lipinski definition) is 3. The summed E-state index contributed by atoms with van der Waals surface area (Å²) in [6, 6.07) is 1.60. The molecule has 0 aromatic carbocycles. The predicted molar refractivity (Wildman–Crippen MR) is 61.0 cm³/mol. The van der Waals surface area contributed by atoms with E-state index in [-0.39, 0.29) is 11.1 Å². The molecule has 1 aromatic heterocycles. The van der Waals surface area contributed by atoms with E-state index in [9.17, 15) is 4.79 Å². The van der Waals surface area contributed by atoms with Gasteiger partial charge in [-0.05, 0) is 33.3 Å². The van der Waals surface area contributed by atoms with Gasteiger partial charge in [0.05, 0.1) is 12.7 Å². The van der Waals surface area contributed by atoms with Gasteiger partial charge in [-0.25, -0.2) is 4.68 Å². The van der Waals surface area contributed by atoms with Gasteiger partial charge in [0.2, 0.25) is 0 Å². The largest absolute Gasteiger partial charge is 0.310 e. The average molecular weight is 209 g/mol. The van der Waals surface area contributed by atoms with E-state index in [0.29, 0.717) is 6.54 Å². The minimum atomic E-state index is -0.0364. The van der Waals surface area contributed by atoms with E-state index in [1.54, 1.807) is 12.3 Å². The molecule has 84 valence electrons. The maximum atomic E-state index is 11.5. The van der Waals surface area contributed by atoms with Gasteiger partial charge in [-0.2, -0.15) is 5.10 Å². The summed E-state index contributed by atoms with van der Waals surface area (Å²) in [6.45, 7) is 9.51. The number of nitrogens with one attached hydrogen (secondary N) is 1. The Morgan fingerprint density at radius 1 is 1.47 bits per heavy atom. The Morgan fingerprint density at radius 3 is 2.67 bits per heavy atom. The molecule has 1 rings (SSSR count). The normalized spacial score (nSPS) is 11.7. The summed E-state index contributed by atoms with van der Waals surface area (Å²) in [5.41, 5.74) is 0.944. The van der Waals surface area contributed by atoms with Crippen molar-refractivity contribution in [2.75, 3.05) is 6.54 Å². The van der Waals surface area contributed by atoms with Gasteiger partial charge in [-0.3, -0.25) is 4.79 Å². The van der Waals surface area contributed by atoms with E-state index < -0.39 is 0 Å². The molecule has 0 spiro atoms. The fourth-order valence-corrected chi connectivity index (χ4v) is 1.23. The van der Waals surface area contributed by atoms with Gasteiger partial charge < -0.3 is 5.32 Å². The molecule has 0 amide bonds. The molecule has 1 aromatic rings. The Bertz CT molecular complexity index is 376. The Labute approximate surface area is 90.3 Å². The molecule has 0 saturated carbocycles. The quantitative estimate of drug-likeness (QED) is 0.806. The third-order valence-corrected chi connectivity index (χ3v) is 1.99. The van der Waals surface area contributed by atoms with Crippen molar-refractivity contribution in [1.82, 2.24) is 15.1 Å². The molecule has 0 aliphatic rings. The van der Waals surface area contributed by atoms with Crippen molar-refractivity contribution < 1.29 is 0 Å². The summed E-state index contributed by atoms with van der Waals surface area (Å²) in [7, 11) is 0. The van der Waals surface area contributed by atoms with Crippen LogP contribution in [0.4, 0.5) is 0 Å². The van der Waals surface area contributed by atoms with Crippen LogP contribution in [-0.2, 0) is 6.54 Å². The van der Waals surface area contributed by atoms with Crippen molar-refractivity contribution in [3.05, 3.63) is 28.2 Å². The van der Waals surface area contributed by atoms with Gasteiger partial charge in [0.15, 0.2) is 0 Å². The van der Waals surface area contributed by atoms with E-state index in [0.717, 1.165) is 12.1 Å². The molecule has 0 saturated heterocycles. The highest BCUT2D eigenvalue weighted by Crippen LogP contribution is 1.97. The molecule has 0 radical (unpaired) electrons. The summed E-state index contributed by atoms with van der Waals surface area (Å²) in [4.78, 5) is 11.5. The second-order valence-electron chi connectivity index (χ2n) is 4.77. The highest BCUT2D eigenvalue weighted by atomic mass is 16.1. The first kappa shape index (κ1) is 11.9. The Kier molecular flexibility index (Phi) is 3.63. The highest BCUT2D eigenvalue weighted by Gasteiger charge is 2.07. The van der Waals surface area contributed by atoms with Crippen LogP contribution in [-0.4, -0.2) is 21.9 Å². The zero-order valence-electron chi connectivity index (χ0n) is 9.87. The minimum absolute atomic E-state index is 0.0364. The summed E-state index contributed by atoms with van der Waals surface area (Å²) in [5, 5.41) is 7.37. The number of aryl methyl sites for hydroxylation is 1. The monoisotopic (exact) mass is 209 g/mol. The molecule has 0 aliphatic carbocycles. The lowest BCUT2D eigenvalue weighted by atomic mass is 10.1. The Morgan fingerprint density at radius 2 is 2.13 bits per heavy atom. The standard InChI is InChI=1S/C11H19N3O/c1-9-7-10(15)14(13-8-9)6-5-12-11(2,3)4/h7-8,12H,5-6H2,1-4H3. The molecule has 0 unspecified atom stereocenters. The lowest BCUT2D eigenvalue weighted by molar-refractivity contribution is 0.400. The summed E-state index contributed by atoms with van der Waals surface area (Å²) in [5.74, 6) is 0. The molecule has 1 N–H and O–H groups in total. The van der Waals surface area contributed by atoms with Gasteiger partial charge in [0, 0.05) is 18.2 Å². The van der Waals surface area contributed by atoms with E-state index in [1.807, 2.05) is 6.92 Å². The molecular formula is C11H19N3O. The number of aromatic nitrogens is 2.